The zero-order valence-corrected chi connectivity index (χ0v) is 17.3. The molecule has 2 aromatic rings. The van der Waals surface area contributed by atoms with Gasteiger partial charge in [0.1, 0.15) is 5.75 Å². The van der Waals surface area contributed by atoms with Gasteiger partial charge in [0, 0.05) is 25.3 Å². The average molecular weight is 401 g/mol. The van der Waals surface area contributed by atoms with Gasteiger partial charge >= 0.3 is 0 Å². The summed E-state index contributed by atoms with van der Waals surface area (Å²) in [5.41, 5.74) is 10.4. The minimum Gasteiger partial charge on any atom is -0.496 e. The monoisotopic (exact) mass is 400 g/mol. The molecule has 2 aromatic carbocycles. The SMILES string of the molecule is COCC(C)NCc1ccc(OC)c(-c2ccc(CCN)cc2)c1.Cl.Cl. The van der Waals surface area contributed by atoms with Gasteiger partial charge in [0.05, 0.1) is 13.7 Å². The van der Waals surface area contributed by atoms with Gasteiger partial charge < -0.3 is 20.5 Å². The summed E-state index contributed by atoms with van der Waals surface area (Å²) in [7, 11) is 3.43. The zero-order chi connectivity index (χ0) is 17.4. The standard InChI is InChI=1S/C20H28N2O2.2ClH/c1-15(14-23-2)22-13-17-6-9-20(24-3)19(12-17)18-7-4-16(5-8-18)10-11-21;;/h4-9,12,15,22H,10-11,13-14,21H2,1-3H3;2*1H. The lowest BCUT2D eigenvalue weighted by Crippen LogP contribution is -2.29. The van der Waals surface area contributed by atoms with Crippen LogP contribution in [0.2, 0.25) is 0 Å². The Kier molecular flexibility index (Phi) is 12.3. The number of ether oxygens (including phenoxy) is 2. The highest BCUT2D eigenvalue weighted by Gasteiger charge is 2.08. The van der Waals surface area contributed by atoms with Crippen LogP contribution in [-0.4, -0.2) is 33.4 Å². The maximum atomic E-state index is 5.62. The van der Waals surface area contributed by atoms with Crippen molar-refractivity contribution in [2.24, 2.45) is 5.73 Å². The highest BCUT2D eigenvalue weighted by Crippen LogP contribution is 2.31. The van der Waals surface area contributed by atoms with Crippen LogP contribution in [0.3, 0.4) is 0 Å². The van der Waals surface area contributed by atoms with E-state index in [2.05, 4.69) is 48.6 Å². The van der Waals surface area contributed by atoms with Crippen molar-refractivity contribution < 1.29 is 9.47 Å². The number of nitrogens with two attached hydrogens (primary N) is 1. The molecule has 0 saturated carbocycles. The second kappa shape index (κ2) is 13.0. The first-order valence-corrected chi connectivity index (χ1v) is 8.36. The summed E-state index contributed by atoms with van der Waals surface area (Å²) in [5, 5.41) is 3.46. The molecule has 0 fully saturated rings. The molecule has 0 aliphatic heterocycles. The normalized spacial score (nSPS) is 11.2. The zero-order valence-electron chi connectivity index (χ0n) is 15.7. The Hall–Kier alpha value is -1.30. The van der Waals surface area contributed by atoms with Crippen molar-refractivity contribution >= 4 is 24.8 Å². The number of benzene rings is 2. The van der Waals surface area contributed by atoms with Gasteiger partial charge in [-0.3, -0.25) is 0 Å². The van der Waals surface area contributed by atoms with Crippen LogP contribution < -0.4 is 15.8 Å². The summed E-state index contributed by atoms with van der Waals surface area (Å²) in [6.45, 7) is 4.28. The van der Waals surface area contributed by atoms with Crippen molar-refractivity contribution in [2.45, 2.75) is 25.9 Å². The number of hydrogen-bond donors (Lipinski definition) is 2. The van der Waals surface area contributed by atoms with E-state index in [1.165, 1.54) is 11.1 Å². The van der Waals surface area contributed by atoms with E-state index in [1.54, 1.807) is 14.2 Å². The van der Waals surface area contributed by atoms with Crippen LogP contribution in [0.1, 0.15) is 18.1 Å². The van der Waals surface area contributed by atoms with Crippen molar-refractivity contribution in [1.82, 2.24) is 5.32 Å². The summed E-state index contributed by atoms with van der Waals surface area (Å²) in [6, 6.07) is 15.2. The molecule has 3 N–H and O–H groups in total. The van der Waals surface area contributed by atoms with E-state index in [0.29, 0.717) is 19.2 Å². The number of methoxy groups -OCH3 is 2. The van der Waals surface area contributed by atoms with Gasteiger partial charge in [0.2, 0.25) is 0 Å². The average Bonchev–Trinajstić information content (AvgIpc) is 2.61. The third kappa shape index (κ3) is 7.14. The predicted molar refractivity (Wildman–Crippen MR) is 114 cm³/mol. The molecular formula is C20H30Cl2N2O2. The lowest BCUT2D eigenvalue weighted by Gasteiger charge is -2.15. The van der Waals surface area contributed by atoms with Crippen LogP contribution in [0.5, 0.6) is 5.75 Å². The van der Waals surface area contributed by atoms with Gasteiger partial charge in [-0.2, -0.15) is 0 Å². The minimum absolute atomic E-state index is 0. The Balaban J connectivity index is 0.00000312. The second-order valence-corrected chi connectivity index (χ2v) is 6.01. The summed E-state index contributed by atoms with van der Waals surface area (Å²) in [4.78, 5) is 0. The van der Waals surface area contributed by atoms with Crippen molar-refractivity contribution in [1.29, 1.82) is 0 Å². The van der Waals surface area contributed by atoms with E-state index in [1.807, 2.05) is 6.07 Å². The summed E-state index contributed by atoms with van der Waals surface area (Å²) in [6.07, 6.45) is 0.902. The Bertz CT molecular complexity index is 636. The molecule has 4 nitrogen and oxygen atoms in total. The molecule has 0 aromatic heterocycles. The van der Waals surface area contributed by atoms with Gasteiger partial charge in [-0.15, -0.1) is 24.8 Å². The van der Waals surface area contributed by atoms with E-state index in [4.69, 9.17) is 15.2 Å². The molecule has 26 heavy (non-hydrogen) atoms. The van der Waals surface area contributed by atoms with Crippen LogP contribution in [0.25, 0.3) is 11.1 Å². The molecule has 0 bridgehead atoms. The molecule has 0 spiro atoms. The molecule has 0 heterocycles. The molecule has 146 valence electrons. The van der Waals surface area contributed by atoms with Crippen molar-refractivity contribution in [3.63, 3.8) is 0 Å². The van der Waals surface area contributed by atoms with Crippen molar-refractivity contribution in [2.75, 3.05) is 27.4 Å². The molecule has 6 heteroatoms. The van der Waals surface area contributed by atoms with E-state index in [0.717, 1.165) is 29.8 Å². The summed E-state index contributed by atoms with van der Waals surface area (Å²) >= 11 is 0. The first-order valence-electron chi connectivity index (χ1n) is 8.36. The number of nitrogens with one attached hydrogen (secondary N) is 1. The van der Waals surface area contributed by atoms with E-state index in [9.17, 15) is 0 Å². The van der Waals surface area contributed by atoms with E-state index >= 15 is 0 Å². The highest BCUT2D eigenvalue weighted by molar-refractivity contribution is 5.85. The van der Waals surface area contributed by atoms with Gasteiger partial charge in [-0.1, -0.05) is 30.3 Å². The van der Waals surface area contributed by atoms with E-state index < -0.39 is 0 Å². The molecule has 0 amide bonds. The first-order chi connectivity index (χ1) is 11.7. The fourth-order valence-electron chi connectivity index (χ4n) is 2.71. The van der Waals surface area contributed by atoms with Crippen LogP contribution in [0, 0.1) is 0 Å². The minimum atomic E-state index is 0. The third-order valence-electron chi connectivity index (χ3n) is 4.03. The molecule has 1 unspecified atom stereocenters. The van der Waals surface area contributed by atoms with Gasteiger partial charge in [-0.25, -0.2) is 0 Å². The van der Waals surface area contributed by atoms with Crippen LogP contribution in [0.15, 0.2) is 42.5 Å². The maximum Gasteiger partial charge on any atom is 0.126 e. The van der Waals surface area contributed by atoms with Crippen molar-refractivity contribution in [3.8, 4) is 16.9 Å². The first kappa shape index (κ1) is 24.7. The fraction of sp³-hybridized carbons (Fsp3) is 0.400. The number of halogens is 2. The largest absolute Gasteiger partial charge is 0.496 e. The summed E-state index contributed by atoms with van der Waals surface area (Å²) in [5.74, 6) is 0.885. The maximum absolute atomic E-state index is 5.62. The molecule has 0 aliphatic rings. The molecular weight excluding hydrogens is 371 g/mol. The van der Waals surface area contributed by atoms with Crippen LogP contribution in [-0.2, 0) is 17.7 Å². The Morgan fingerprint density at radius 2 is 1.65 bits per heavy atom. The smallest absolute Gasteiger partial charge is 0.126 e. The molecule has 1 atom stereocenters. The lowest BCUT2D eigenvalue weighted by atomic mass is 9.99. The van der Waals surface area contributed by atoms with Crippen LogP contribution >= 0.6 is 24.8 Å². The fourth-order valence-corrected chi connectivity index (χ4v) is 2.71. The Morgan fingerprint density at radius 3 is 2.23 bits per heavy atom. The lowest BCUT2D eigenvalue weighted by molar-refractivity contribution is 0.171. The quantitative estimate of drug-likeness (QED) is 0.671. The number of rotatable bonds is 9. The van der Waals surface area contributed by atoms with Gasteiger partial charge in [0.15, 0.2) is 0 Å². The van der Waals surface area contributed by atoms with Crippen LogP contribution in [0.4, 0.5) is 0 Å². The Morgan fingerprint density at radius 1 is 1.00 bits per heavy atom. The second-order valence-electron chi connectivity index (χ2n) is 6.01. The van der Waals surface area contributed by atoms with Gasteiger partial charge in [-0.05, 0) is 48.7 Å². The molecule has 0 saturated heterocycles. The predicted octanol–water partition coefficient (Wildman–Crippen LogP) is 3.83. The molecule has 2 rings (SSSR count). The van der Waals surface area contributed by atoms with E-state index in [-0.39, 0.29) is 24.8 Å². The highest BCUT2D eigenvalue weighted by atomic mass is 35.5. The molecule has 0 aliphatic carbocycles. The van der Waals surface area contributed by atoms with Crippen molar-refractivity contribution in [3.05, 3.63) is 53.6 Å². The third-order valence-corrected chi connectivity index (χ3v) is 4.03. The Labute approximate surface area is 169 Å². The topological polar surface area (TPSA) is 56.5 Å². The van der Waals surface area contributed by atoms with Gasteiger partial charge in [0.25, 0.3) is 0 Å². The number of hydrogen-bond acceptors (Lipinski definition) is 4. The molecule has 0 radical (unpaired) electrons. The summed E-state index contributed by atoms with van der Waals surface area (Å²) < 4.78 is 10.7.